The first kappa shape index (κ1) is 15.1. The van der Waals surface area contributed by atoms with E-state index in [1.807, 2.05) is 0 Å². The van der Waals surface area contributed by atoms with E-state index in [0.29, 0.717) is 37.6 Å². The van der Waals surface area contributed by atoms with E-state index in [4.69, 9.17) is 14.2 Å². The summed E-state index contributed by atoms with van der Waals surface area (Å²) < 4.78 is 16.2. The minimum Gasteiger partial charge on any atom is -0.507 e. The van der Waals surface area contributed by atoms with Gasteiger partial charge in [-0.1, -0.05) is 0 Å². The quantitative estimate of drug-likeness (QED) is 0.919. The van der Waals surface area contributed by atoms with Crippen LogP contribution in [0.4, 0.5) is 0 Å². The van der Waals surface area contributed by atoms with Crippen LogP contribution in [0.3, 0.4) is 0 Å². The van der Waals surface area contributed by atoms with Gasteiger partial charge in [-0.05, 0) is 25.0 Å². The Kier molecular flexibility index (Phi) is 4.49. The summed E-state index contributed by atoms with van der Waals surface area (Å²) in [6.45, 7) is 2.52. The van der Waals surface area contributed by atoms with Gasteiger partial charge in [-0.25, -0.2) is 0 Å². The van der Waals surface area contributed by atoms with Gasteiger partial charge in [-0.15, -0.1) is 0 Å². The minimum absolute atomic E-state index is 0.0557. The molecule has 0 aromatic heterocycles. The second kappa shape index (κ2) is 6.54. The van der Waals surface area contributed by atoms with Crippen molar-refractivity contribution in [2.45, 2.75) is 19.1 Å². The van der Waals surface area contributed by atoms with Crippen LogP contribution in [0.15, 0.2) is 18.2 Å². The van der Waals surface area contributed by atoms with Crippen LogP contribution < -0.4 is 4.74 Å². The molecule has 6 nitrogen and oxygen atoms in total. The molecule has 1 amide bonds. The number of phenolic OH excluding ortho intramolecular Hbond substituents is 1. The van der Waals surface area contributed by atoms with E-state index in [2.05, 4.69) is 0 Å². The summed E-state index contributed by atoms with van der Waals surface area (Å²) >= 11 is 0. The Morgan fingerprint density at radius 3 is 2.82 bits per heavy atom. The molecule has 1 aromatic rings. The number of nitrogens with zero attached hydrogens (tertiary/aromatic N) is 1. The number of piperidine rings is 1. The first-order valence-corrected chi connectivity index (χ1v) is 7.58. The predicted molar refractivity (Wildman–Crippen MR) is 79.0 cm³/mol. The summed E-state index contributed by atoms with van der Waals surface area (Å²) in [5.41, 5.74) is 0.301. The maximum absolute atomic E-state index is 12.6. The minimum atomic E-state index is -0.208. The summed E-state index contributed by atoms with van der Waals surface area (Å²) in [7, 11) is 1.52. The Morgan fingerprint density at radius 2 is 2.14 bits per heavy atom. The van der Waals surface area contributed by atoms with Crippen molar-refractivity contribution < 1.29 is 24.1 Å². The highest BCUT2D eigenvalue weighted by Crippen LogP contribution is 2.29. The van der Waals surface area contributed by atoms with Gasteiger partial charge in [-0.2, -0.15) is 0 Å². The fraction of sp³-hybridized carbons (Fsp3) is 0.562. The lowest BCUT2D eigenvalue weighted by molar-refractivity contribution is -0.0969. The van der Waals surface area contributed by atoms with E-state index < -0.39 is 0 Å². The molecule has 3 rings (SSSR count). The second-order valence-electron chi connectivity index (χ2n) is 5.65. The fourth-order valence-corrected chi connectivity index (χ4v) is 3.06. The average molecular weight is 307 g/mol. The maximum Gasteiger partial charge on any atom is 0.257 e. The Bertz CT molecular complexity index is 541. The van der Waals surface area contributed by atoms with Crippen LogP contribution in [0, 0.1) is 5.92 Å². The van der Waals surface area contributed by atoms with Gasteiger partial charge < -0.3 is 24.2 Å². The fourth-order valence-electron chi connectivity index (χ4n) is 3.06. The lowest BCUT2D eigenvalue weighted by Gasteiger charge is -2.34. The average Bonchev–Trinajstić information content (AvgIpc) is 3.09. The van der Waals surface area contributed by atoms with Crippen LogP contribution in [0.1, 0.15) is 23.2 Å². The number of phenols is 1. The number of hydrogen-bond donors (Lipinski definition) is 1. The van der Waals surface area contributed by atoms with Crippen molar-refractivity contribution >= 4 is 5.91 Å². The van der Waals surface area contributed by atoms with E-state index in [9.17, 15) is 9.90 Å². The molecule has 1 aromatic carbocycles. The zero-order chi connectivity index (χ0) is 15.5. The van der Waals surface area contributed by atoms with E-state index in [1.165, 1.54) is 13.2 Å². The highest BCUT2D eigenvalue weighted by atomic mass is 16.7. The van der Waals surface area contributed by atoms with Gasteiger partial charge in [0, 0.05) is 25.1 Å². The van der Waals surface area contributed by atoms with E-state index in [1.54, 1.807) is 17.0 Å². The van der Waals surface area contributed by atoms with Crippen molar-refractivity contribution in [3.05, 3.63) is 23.8 Å². The zero-order valence-electron chi connectivity index (χ0n) is 12.7. The molecule has 0 aliphatic carbocycles. The molecule has 2 aliphatic rings. The SMILES string of the molecule is COc1ccc(C(=O)N2CCC[C@H](C3OCCO3)C2)c(O)c1. The summed E-state index contributed by atoms with van der Waals surface area (Å²) in [6.07, 6.45) is 1.69. The first-order valence-electron chi connectivity index (χ1n) is 7.58. The van der Waals surface area contributed by atoms with Gasteiger partial charge >= 0.3 is 0 Å². The van der Waals surface area contributed by atoms with Crippen LogP contribution in [0.25, 0.3) is 0 Å². The molecule has 0 bridgehead atoms. The standard InChI is InChI=1S/C16H21NO5/c1-20-12-4-5-13(14(18)9-12)15(19)17-6-2-3-11(10-17)16-21-7-8-22-16/h4-5,9,11,16,18H,2-3,6-8,10H2,1H3/t11-/m0/s1. The van der Waals surface area contributed by atoms with Crippen molar-refractivity contribution in [2.24, 2.45) is 5.92 Å². The van der Waals surface area contributed by atoms with Crippen molar-refractivity contribution in [3.8, 4) is 11.5 Å². The molecular weight excluding hydrogens is 286 g/mol. The van der Waals surface area contributed by atoms with Crippen LogP contribution in [0.2, 0.25) is 0 Å². The van der Waals surface area contributed by atoms with Crippen LogP contribution in [0.5, 0.6) is 11.5 Å². The topological polar surface area (TPSA) is 68.2 Å². The van der Waals surface area contributed by atoms with Gasteiger partial charge in [-0.3, -0.25) is 4.79 Å². The highest BCUT2D eigenvalue weighted by molar-refractivity contribution is 5.97. The van der Waals surface area contributed by atoms with Crippen LogP contribution >= 0.6 is 0 Å². The molecule has 6 heteroatoms. The van der Waals surface area contributed by atoms with Gasteiger partial charge in [0.05, 0.1) is 25.9 Å². The molecule has 1 atom stereocenters. The third-order valence-corrected chi connectivity index (χ3v) is 4.21. The lowest BCUT2D eigenvalue weighted by Crippen LogP contribution is -2.43. The van der Waals surface area contributed by atoms with Gasteiger partial charge in [0.2, 0.25) is 0 Å². The molecule has 0 unspecified atom stereocenters. The summed E-state index contributed by atoms with van der Waals surface area (Å²) in [5.74, 6) is 0.501. The van der Waals surface area contributed by atoms with Gasteiger partial charge in [0.25, 0.3) is 5.91 Å². The number of likely N-dealkylation sites (tertiary alicyclic amines) is 1. The van der Waals surface area contributed by atoms with Crippen molar-refractivity contribution in [1.29, 1.82) is 0 Å². The van der Waals surface area contributed by atoms with Gasteiger partial charge in [0.15, 0.2) is 6.29 Å². The molecule has 2 saturated heterocycles. The van der Waals surface area contributed by atoms with Gasteiger partial charge in [0.1, 0.15) is 11.5 Å². The monoisotopic (exact) mass is 307 g/mol. The van der Waals surface area contributed by atoms with Crippen LogP contribution in [-0.4, -0.2) is 55.6 Å². The van der Waals surface area contributed by atoms with E-state index in [0.717, 1.165) is 12.8 Å². The normalized spacial score (nSPS) is 22.8. The number of hydrogen-bond acceptors (Lipinski definition) is 5. The largest absolute Gasteiger partial charge is 0.507 e. The number of methoxy groups -OCH3 is 1. The number of carbonyl (C=O) groups is 1. The van der Waals surface area contributed by atoms with Crippen LogP contribution in [-0.2, 0) is 9.47 Å². The molecule has 2 aliphatic heterocycles. The summed E-state index contributed by atoms with van der Waals surface area (Å²) in [6, 6.07) is 4.73. The second-order valence-corrected chi connectivity index (χ2v) is 5.65. The van der Waals surface area contributed by atoms with Crippen molar-refractivity contribution in [3.63, 3.8) is 0 Å². The molecule has 22 heavy (non-hydrogen) atoms. The molecule has 1 N–H and O–H groups in total. The number of carbonyl (C=O) groups excluding carboxylic acids is 1. The Morgan fingerprint density at radius 1 is 1.36 bits per heavy atom. The smallest absolute Gasteiger partial charge is 0.257 e. The lowest BCUT2D eigenvalue weighted by atomic mass is 9.96. The maximum atomic E-state index is 12.6. The molecular formula is C16H21NO5. The number of aromatic hydroxyl groups is 1. The third-order valence-electron chi connectivity index (χ3n) is 4.21. The Balaban J connectivity index is 1.71. The highest BCUT2D eigenvalue weighted by Gasteiger charge is 2.33. The number of amides is 1. The van der Waals surface area contributed by atoms with E-state index >= 15 is 0 Å². The predicted octanol–water partition coefficient (Wildman–Crippen LogP) is 1.63. The number of benzene rings is 1. The van der Waals surface area contributed by atoms with Crippen molar-refractivity contribution in [1.82, 2.24) is 4.90 Å². The number of ether oxygens (including phenoxy) is 3. The Labute approximate surface area is 129 Å². The first-order chi connectivity index (χ1) is 10.7. The molecule has 0 spiro atoms. The Hall–Kier alpha value is -1.79. The number of rotatable bonds is 3. The zero-order valence-corrected chi connectivity index (χ0v) is 12.7. The molecule has 120 valence electrons. The molecule has 2 fully saturated rings. The summed E-state index contributed by atoms with van der Waals surface area (Å²) in [5, 5.41) is 10.0. The van der Waals surface area contributed by atoms with E-state index in [-0.39, 0.29) is 23.9 Å². The summed E-state index contributed by atoms with van der Waals surface area (Å²) in [4.78, 5) is 14.4. The third kappa shape index (κ3) is 3.03. The van der Waals surface area contributed by atoms with Crippen molar-refractivity contribution in [2.75, 3.05) is 33.4 Å². The molecule has 0 saturated carbocycles. The molecule has 0 radical (unpaired) electrons. The molecule has 2 heterocycles.